The Balaban J connectivity index is 2.17. The Labute approximate surface area is 171 Å². The molecule has 1 atom stereocenters. The first-order valence-electron chi connectivity index (χ1n) is 7.66. The van der Waals surface area contributed by atoms with Crippen LogP contribution in [0.4, 0.5) is 37.7 Å². The fourth-order valence-corrected chi connectivity index (χ4v) is 3.82. The molecule has 2 aromatic carbocycles. The Kier molecular flexibility index (Phi) is 7.13. The van der Waals surface area contributed by atoms with Crippen molar-refractivity contribution in [3.05, 3.63) is 58.1 Å². The maximum Gasteiger partial charge on any atom is 0.446 e. The quantitative estimate of drug-likeness (QED) is 0.278. The third-order valence-electron chi connectivity index (χ3n) is 3.34. The molecule has 0 aromatic heterocycles. The summed E-state index contributed by atoms with van der Waals surface area (Å²) in [6, 6.07) is 5.89. The lowest BCUT2D eigenvalue weighted by molar-refractivity contribution is -0.388. The fourth-order valence-electron chi connectivity index (χ4n) is 2.20. The number of carbonyl (C=O) groups excluding carboxylic acids is 1. The monoisotopic (exact) mass is 472 g/mol. The van der Waals surface area contributed by atoms with E-state index in [0.29, 0.717) is 12.1 Å². The molecule has 6 nitrogen and oxygen atoms in total. The highest BCUT2D eigenvalue weighted by atomic mass is 32.2. The molecule has 162 valence electrons. The topological polar surface area (TPSA) is 89.3 Å². The maximum absolute atomic E-state index is 12.7. The highest BCUT2D eigenvalue weighted by molar-refractivity contribution is 8.00. The van der Waals surface area contributed by atoms with Gasteiger partial charge in [-0.3, -0.25) is 19.1 Å². The number of rotatable bonds is 6. The lowest BCUT2D eigenvalue weighted by Crippen LogP contribution is -2.20. The summed E-state index contributed by atoms with van der Waals surface area (Å²) < 4.78 is 87.7. The summed E-state index contributed by atoms with van der Waals surface area (Å²) in [4.78, 5) is 21.1. The van der Waals surface area contributed by atoms with Crippen LogP contribution in [0.3, 0.4) is 0 Å². The molecule has 0 fully saturated rings. The van der Waals surface area contributed by atoms with E-state index < -0.39 is 71.9 Å². The second kappa shape index (κ2) is 9.04. The Hall–Kier alpha value is -2.61. The first-order chi connectivity index (χ1) is 13.8. The number of nitrogens with zero attached hydrogens (tertiary/aromatic N) is 1. The van der Waals surface area contributed by atoms with Gasteiger partial charge in [0.1, 0.15) is 10.6 Å². The molecule has 2 rings (SSSR count). The number of halogens is 6. The van der Waals surface area contributed by atoms with Gasteiger partial charge in [-0.05, 0) is 42.1 Å². The van der Waals surface area contributed by atoms with Crippen molar-refractivity contribution in [2.45, 2.75) is 21.5 Å². The molecule has 0 bridgehead atoms. The summed E-state index contributed by atoms with van der Waals surface area (Å²) in [5.41, 5.74) is -6.85. The van der Waals surface area contributed by atoms with Gasteiger partial charge in [0.25, 0.3) is 5.69 Å². The van der Waals surface area contributed by atoms with Crippen LogP contribution in [0, 0.1) is 10.1 Å². The molecule has 14 heteroatoms. The van der Waals surface area contributed by atoms with E-state index in [1.54, 1.807) is 0 Å². The van der Waals surface area contributed by atoms with Crippen LogP contribution in [0.5, 0.6) is 0 Å². The van der Waals surface area contributed by atoms with E-state index in [1.807, 2.05) is 0 Å². The molecule has 0 radical (unpaired) electrons. The molecule has 0 aliphatic carbocycles. The van der Waals surface area contributed by atoms with Crippen molar-refractivity contribution in [3.8, 4) is 0 Å². The van der Waals surface area contributed by atoms with Crippen LogP contribution >= 0.6 is 11.8 Å². The van der Waals surface area contributed by atoms with E-state index in [0.717, 1.165) is 30.3 Å². The van der Waals surface area contributed by atoms with Crippen molar-refractivity contribution in [2.24, 2.45) is 0 Å². The van der Waals surface area contributed by atoms with Gasteiger partial charge in [-0.25, -0.2) is 0 Å². The number of anilines is 1. The highest BCUT2D eigenvalue weighted by Crippen LogP contribution is 2.39. The molecule has 30 heavy (non-hydrogen) atoms. The van der Waals surface area contributed by atoms with Crippen molar-refractivity contribution in [2.75, 3.05) is 11.1 Å². The zero-order chi connectivity index (χ0) is 22.7. The smallest absolute Gasteiger partial charge is 0.325 e. The zero-order valence-electron chi connectivity index (χ0n) is 14.4. The third kappa shape index (κ3) is 6.73. The minimum atomic E-state index is -4.70. The predicted molar refractivity (Wildman–Crippen MR) is 96.4 cm³/mol. The Bertz CT molecular complexity index is 994. The number of nitrogens with one attached hydrogen (secondary N) is 1. The number of amides is 1. The lowest BCUT2D eigenvalue weighted by Gasteiger charge is -2.10. The minimum Gasteiger partial charge on any atom is -0.325 e. The Morgan fingerprint density at radius 2 is 1.77 bits per heavy atom. The van der Waals surface area contributed by atoms with Gasteiger partial charge in [0.2, 0.25) is 5.91 Å². The normalized spacial score (nSPS) is 13.0. The van der Waals surface area contributed by atoms with Crippen molar-refractivity contribution < 1.29 is 40.3 Å². The average molecular weight is 472 g/mol. The molecule has 0 aliphatic heterocycles. The summed E-state index contributed by atoms with van der Waals surface area (Å²) in [6.45, 7) is 0. The van der Waals surface area contributed by atoms with Gasteiger partial charge in [0, 0.05) is 16.6 Å². The second-order valence-corrected chi connectivity index (χ2v) is 8.11. The molecular formula is C16H10F6N2O4S2. The standard InChI is InChI=1S/C16H10F6N2O4S2/c17-15(18,19)9-2-1-3-10(6-9)23-14(25)8-30(28)13-5-4-11(29-16(20,21)22)7-12(13)24(26)27/h1-7H,8H2,(H,23,25). The van der Waals surface area contributed by atoms with Crippen molar-refractivity contribution in [1.29, 1.82) is 0 Å². The second-order valence-electron chi connectivity index (χ2n) is 5.55. The highest BCUT2D eigenvalue weighted by Gasteiger charge is 2.32. The number of carbonyl (C=O) groups is 1. The van der Waals surface area contributed by atoms with E-state index in [1.165, 1.54) is 0 Å². The average Bonchev–Trinajstić information content (AvgIpc) is 2.59. The number of nitro benzene ring substituents is 1. The fraction of sp³-hybridized carbons (Fsp3) is 0.188. The number of benzene rings is 2. The van der Waals surface area contributed by atoms with Gasteiger partial charge >= 0.3 is 11.7 Å². The summed E-state index contributed by atoms with van der Waals surface area (Å²) >= 11 is -0.603. The van der Waals surface area contributed by atoms with Gasteiger partial charge in [-0.2, -0.15) is 26.3 Å². The molecule has 1 unspecified atom stereocenters. The van der Waals surface area contributed by atoms with Gasteiger partial charge in [-0.15, -0.1) is 0 Å². The zero-order valence-corrected chi connectivity index (χ0v) is 16.0. The van der Waals surface area contributed by atoms with Crippen LogP contribution in [-0.2, 0) is 21.8 Å². The number of alkyl halides is 6. The van der Waals surface area contributed by atoms with Crippen molar-refractivity contribution >= 4 is 39.8 Å². The Morgan fingerprint density at radius 1 is 1.10 bits per heavy atom. The number of hydrogen-bond acceptors (Lipinski definition) is 5. The molecule has 0 spiro atoms. The molecule has 0 heterocycles. The molecule has 1 amide bonds. The minimum absolute atomic E-state index is 0.238. The van der Waals surface area contributed by atoms with Crippen LogP contribution in [0.15, 0.2) is 52.3 Å². The molecule has 1 N–H and O–H groups in total. The molecule has 2 aromatic rings. The first kappa shape index (κ1) is 23.7. The van der Waals surface area contributed by atoms with E-state index in [9.17, 15) is 45.5 Å². The Morgan fingerprint density at radius 3 is 2.33 bits per heavy atom. The predicted octanol–water partition coefficient (Wildman–Crippen LogP) is 4.97. The number of hydrogen-bond donors (Lipinski definition) is 1. The van der Waals surface area contributed by atoms with E-state index in [2.05, 4.69) is 5.32 Å². The molecule has 0 saturated carbocycles. The van der Waals surface area contributed by atoms with Crippen LogP contribution in [-0.4, -0.2) is 26.3 Å². The summed E-state index contributed by atoms with van der Waals surface area (Å²) in [6.07, 6.45) is -4.65. The van der Waals surface area contributed by atoms with Gasteiger partial charge < -0.3 is 5.32 Å². The molecule has 0 saturated heterocycles. The summed E-state index contributed by atoms with van der Waals surface area (Å²) in [5, 5.41) is 13.2. The molecular weight excluding hydrogens is 462 g/mol. The molecule has 0 aliphatic rings. The van der Waals surface area contributed by atoms with Gasteiger partial charge in [-0.1, -0.05) is 6.07 Å². The summed E-state index contributed by atoms with van der Waals surface area (Å²) in [7, 11) is -2.34. The summed E-state index contributed by atoms with van der Waals surface area (Å²) in [5.74, 6) is -1.86. The maximum atomic E-state index is 12.7. The van der Waals surface area contributed by atoms with Crippen LogP contribution in [0.1, 0.15) is 5.56 Å². The van der Waals surface area contributed by atoms with Crippen molar-refractivity contribution in [1.82, 2.24) is 0 Å². The largest absolute Gasteiger partial charge is 0.446 e. The van der Waals surface area contributed by atoms with Crippen LogP contribution < -0.4 is 5.32 Å². The number of thioether (sulfide) groups is 1. The van der Waals surface area contributed by atoms with Crippen LogP contribution in [0.2, 0.25) is 0 Å². The van der Waals surface area contributed by atoms with E-state index in [-0.39, 0.29) is 5.69 Å². The SMILES string of the molecule is O=C(CS(=O)c1ccc(SC(F)(F)F)cc1[N+](=O)[O-])Nc1cccc(C(F)(F)F)c1. The van der Waals surface area contributed by atoms with Gasteiger partial charge in [0.15, 0.2) is 0 Å². The van der Waals surface area contributed by atoms with Crippen LogP contribution in [0.25, 0.3) is 0 Å². The van der Waals surface area contributed by atoms with Crippen molar-refractivity contribution in [3.63, 3.8) is 0 Å². The third-order valence-corrected chi connectivity index (χ3v) is 5.42. The van der Waals surface area contributed by atoms with E-state index in [4.69, 9.17) is 0 Å². The van der Waals surface area contributed by atoms with Gasteiger partial charge in [0.05, 0.1) is 21.3 Å². The lowest BCUT2D eigenvalue weighted by atomic mass is 10.2. The number of nitro groups is 1. The first-order valence-corrected chi connectivity index (χ1v) is 9.79. The van der Waals surface area contributed by atoms with E-state index >= 15 is 0 Å².